The summed E-state index contributed by atoms with van der Waals surface area (Å²) in [4.78, 5) is 2.59. The fourth-order valence-corrected chi connectivity index (χ4v) is 11.0. The Morgan fingerprint density at radius 3 is 2.11 bits per heavy atom. The van der Waals surface area contributed by atoms with Crippen LogP contribution in [0.3, 0.4) is 0 Å². The summed E-state index contributed by atoms with van der Waals surface area (Å²) in [5.41, 5.74) is 24.6. The van der Waals surface area contributed by atoms with Gasteiger partial charge in [-0.25, -0.2) is 0 Å². The van der Waals surface area contributed by atoms with E-state index in [4.69, 9.17) is 0 Å². The molecule has 1 heteroatoms. The maximum Gasteiger partial charge on any atom is 0.0714 e. The van der Waals surface area contributed by atoms with Crippen LogP contribution in [-0.2, 0) is 17.3 Å². The van der Waals surface area contributed by atoms with E-state index < -0.39 is 5.41 Å². The van der Waals surface area contributed by atoms with Crippen molar-refractivity contribution in [2.75, 3.05) is 4.90 Å². The molecule has 0 fully saturated rings. The number of hydrogen-bond donors (Lipinski definition) is 0. The van der Waals surface area contributed by atoms with Crippen molar-refractivity contribution in [3.05, 3.63) is 231 Å². The second-order valence-electron chi connectivity index (χ2n) is 17.3. The van der Waals surface area contributed by atoms with Gasteiger partial charge in [-0.2, -0.15) is 0 Å². The summed E-state index contributed by atoms with van der Waals surface area (Å²) < 4.78 is 0. The monoisotopic (exact) mass is 733 g/mol. The van der Waals surface area contributed by atoms with Gasteiger partial charge in [0.25, 0.3) is 0 Å². The molecule has 0 radical (unpaired) electrons. The number of rotatable bonds is 6. The van der Waals surface area contributed by atoms with Crippen molar-refractivity contribution in [1.29, 1.82) is 0 Å². The van der Waals surface area contributed by atoms with Gasteiger partial charge in [0.1, 0.15) is 0 Å². The highest BCUT2D eigenvalue weighted by Crippen LogP contribution is 2.58. The highest BCUT2D eigenvalue weighted by atomic mass is 15.1. The average Bonchev–Trinajstić information content (AvgIpc) is 3.89. The summed E-state index contributed by atoms with van der Waals surface area (Å²) in [6, 6.07) is 53.4. The third kappa shape index (κ3) is 5.09. The lowest BCUT2D eigenvalue weighted by Gasteiger charge is -2.36. The van der Waals surface area contributed by atoms with E-state index in [1.807, 2.05) is 0 Å². The first-order valence-corrected chi connectivity index (χ1v) is 20.9. The Morgan fingerprint density at radius 2 is 1.33 bits per heavy atom. The normalized spacial score (nSPS) is 20.1. The van der Waals surface area contributed by atoms with Crippen LogP contribution in [0.25, 0.3) is 22.8 Å². The molecule has 276 valence electrons. The third-order valence-corrected chi connectivity index (χ3v) is 13.8. The molecule has 0 saturated carbocycles. The van der Waals surface area contributed by atoms with Gasteiger partial charge in [0.05, 0.1) is 5.41 Å². The van der Waals surface area contributed by atoms with Crippen LogP contribution in [0, 0.1) is 5.92 Å². The third-order valence-electron chi connectivity index (χ3n) is 13.8. The number of anilines is 2. The highest BCUT2D eigenvalue weighted by molar-refractivity contribution is 5.91. The number of hydrogen-bond acceptors (Lipinski definition) is 1. The maximum atomic E-state index is 3.42. The molecule has 5 aliphatic carbocycles. The van der Waals surface area contributed by atoms with Crippen LogP contribution in [0.2, 0.25) is 0 Å². The molecule has 0 aliphatic heterocycles. The smallest absolute Gasteiger partial charge is 0.0714 e. The van der Waals surface area contributed by atoms with E-state index in [1.54, 1.807) is 0 Å². The maximum absolute atomic E-state index is 3.42. The quantitative estimate of drug-likeness (QED) is 0.154. The predicted molar refractivity (Wildman–Crippen MR) is 238 cm³/mol. The summed E-state index contributed by atoms with van der Waals surface area (Å²) in [7, 11) is 0. The van der Waals surface area contributed by atoms with Crippen LogP contribution in [-0.4, -0.2) is 0 Å². The Morgan fingerprint density at radius 1 is 0.614 bits per heavy atom. The number of allylic oxidation sites excluding steroid dienone is 6. The van der Waals surface area contributed by atoms with Crippen molar-refractivity contribution in [3.63, 3.8) is 0 Å². The second-order valence-corrected chi connectivity index (χ2v) is 17.3. The summed E-state index contributed by atoms with van der Waals surface area (Å²) in [6.45, 7) is 7.11. The Hall–Kier alpha value is -6.14. The van der Waals surface area contributed by atoms with Crippen LogP contribution < -0.4 is 4.90 Å². The molecule has 6 aromatic rings. The summed E-state index contributed by atoms with van der Waals surface area (Å²) in [5, 5.41) is 0. The van der Waals surface area contributed by atoms with Gasteiger partial charge < -0.3 is 4.90 Å². The van der Waals surface area contributed by atoms with Gasteiger partial charge in [-0.05, 0) is 146 Å². The topological polar surface area (TPSA) is 3.24 Å². The molecule has 0 heterocycles. The summed E-state index contributed by atoms with van der Waals surface area (Å²) >= 11 is 0. The van der Waals surface area contributed by atoms with Crippen molar-refractivity contribution < 1.29 is 0 Å². The SMILES string of the molecule is CC1C=C=CC1c1ccc2c(c1)-c1ccc(N(C3=Cc4ccccc4CC3)c3ccc4c(c3)C3=C(C=CCC3)C4(C)C)cc1C2(c1ccccc1)c1ccccc1. The number of benzene rings is 6. The van der Waals surface area contributed by atoms with Gasteiger partial charge in [0.2, 0.25) is 0 Å². The van der Waals surface area contributed by atoms with Crippen LogP contribution in [0.4, 0.5) is 11.4 Å². The molecule has 1 nitrogen and oxygen atoms in total. The molecule has 0 N–H and O–H groups in total. The zero-order valence-corrected chi connectivity index (χ0v) is 33.1. The first-order valence-electron chi connectivity index (χ1n) is 20.9. The van der Waals surface area contributed by atoms with Gasteiger partial charge in [-0.15, -0.1) is 5.73 Å². The minimum Gasteiger partial charge on any atom is -0.314 e. The van der Waals surface area contributed by atoms with E-state index in [1.165, 1.54) is 89.4 Å². The van der Waals surface area contributed by atoms with Crippen molar-refractivity contribution >= 4 is 23.0 Å². The Labute approximate surface area is 337 Å². The lowest BCUT2D eigenvalue weighted by atomic mass is 9.67. The lowest BCUT2D eigenvalue weighted by Crippen LogP contribution is -2.29. The summed E-state index contributed by atoms with van der Waals surface area (Å²) in [6.07, 6.45) is 15.9. The first kappa shape index (κ1) is 34.1. The minimum absolute atomic E-state index is 0.000687. The molecule has 2 atom stereocenters. The largest absolute Gasteiger partial charge is 0.314 e. The molecule has 0 aromatic heterocycles. The highest BCUT2D eigenvalue weighted by Gasteiger charge is 2.47. The Balaban J connectivity index is 1.17. The fraction of sp³-hybridized carbons (Fsp3) is 0.196. The zero-order chi connectivity index (χ0) is 38.3. The number of nitrogens with zero attached hydrogens (tertiary/aromatic N) is 1. The molecule has 5 aliphatic rings. The molecule has 0 bridgehead atoms. The molecule has 0 amide bonds. The van der Waals surface area contributed by atoms with Crippen molar-refractivity contribution in [2.24, 2.45) is 5.92 Å². The van der Waals surface area contributed by atoms with E-state index in [2.05, 4.69) is 201 Å². The first-order chi connectivity index (χ1) is 27.9. The fourth-order valence-electron chi connectivity index (χ4n) is 11.0. The van der Waals surface area contributed by atoms with Crippen LogP contribution in [0.15, 0.2) is 181 Å². The minimum atomic E-state index is -0.494. The van der Waals surface area contributed by atoms with Gasteiger partial charge in [-0.1, -0.05) is 148 Å². The van der Waals surface area contributed by atoms with E-state index in [0.29, 0.717) is 11.8 Å². The Kier molecular flexibility index (Phi) is 7.76. The molecule has 57 heavy (non-hydrogen) atoms. The van der Waals surface area contributed by atoms with Gasteiger partial charge >= 0.3 is 0 Å². The van der Waals surface area contributed by atoms with Crippen molar-refractivity contribution in [3.8, 4) is 11.1 Å². The van der Waals surface area contributed by atoms with Crippen LogP contribution >= 0.6 is 0 Å². The van der Waals surface area contributed by atoms with Gasteiger partial charge in [0, 0.05) is 28.4 Å². The molecular weight excluding hydrogens is 687 g/mol. The summed E-state index contributed by atoms with van der Waals surface area (Å²) in [5.74, 6) is 0.759. The average molecular weight is 734 g/mol. The molecule has 2 unspecified atom stereocenters. The molecule has 6 aromatic carbocycles. The number of aryl methyl sites for hydroxylation is 1. The molecular formula is C56H47N. The van der Waals surface area contributed by atoms with E-state index in [9.17, 15) is 0 Å². The van der Waals surface area contributed by atoms with Gasteiger partial charge in [-0.3, -0.25) is 0 Å². The van der Waals surface area contributed by atoms with Gasteiger partial charge in [0.15, 0.2) is 0 Å². The van der Waals surface area contributed by atoms with E-state index in [0.717, 1.165) is 25.7 Å². The molecule has 11 rings (SSSR count). The van der Waals surface area contributed by atoms with Crippen molar-refractivity contribution in [1.82, 2.24) is 0 Å². The predicted octanol–water partition coefficient (Wildman–Crippen LogP) is 14.0. The van der Waals surface area contributed by atoms with Crippen LogP contribution in [0.5, 0.6) is 0 Å². The van der Waals surface area contributed by atoms with Crippen LogP contribution in [0.1, 0.15) is 96.0 Å². The lowest BCUT2D eigenvalue weighted by molar-refractivity contribution is 0.651. The molecule has 0 saturated heterocycles. The van der Waals surface area contributed by atoms with E-state index in [-0.39, 0.29) is 5.41 Å². The zero-order valence-electron chi connectivity index (χ0n) is 33.1. The number of fused-ring (bicyclic) bond motifs is 6. The molecule has 0 spiro atoms. The standard InChI is InChI=1S/C56H47N/c1-37-15-14-23-46(37)40-26-31-53-49(34-40)48-30-28-45(36-54(48)56(53,41-18-6-4-7-19-41)42-20-8-5-9-21-42)57(43-27-25-38-16-10-11-17-39(38)33-43)44-29-32-52-50(35-44)47-22-12-13-24-51(47)55(52,2)3/h4-11,13,15-21,23-24,26,28-37,46H,12,22,25,27H2,1-3H3. The van der Waals surface area contributed by atoms with E-state index >= 15 is 0 Å². The van der Waals surface area contributed by atoms with Crippen molar-refractivity contribution in [2.45, 2.75) is 63.2 Å². The second kappa shape index (κ2) is 13.0. The Bertz CT molecular complexity index is 2730.